The predicted octanol–water partition coefficient (Wildman–Crippen LogP) is 2.39. The molecule has 3 heteroatoms. The van der Waals surface area contributed by atoms with E-state index >= 15 is 0 Å². The Morgan fingerprint density at radius 3 is 2.56 bits per heavy atom. The van der Waals surface area contributed by atoms with Gasteiger partial charge in [0.05, 0.1) is 0 Å². The zero-order valence-corrected chi connectivity index (χ0v) is 10.9. The highest BCUT2D eigenvalue weighted by Gasteiger charge is 2.36. The number of carbonyl (C=O) groups excluding carboxylic acids is 2. The standard InChI is InChI=1S/C13H23NO2/c1-10(2)5-6-12(16)14-8-7-11(15)9-13(14,3)4/h10H,5-9H2,1-4H3. The zero-order chi connectivity index (χ0) is 12.3. The largest absolute Gasteiger partial charge is 0.337 e. The maximum absolute atomic E-state index is 12.0. The summed E-state index contributed by atoms with van der Waals surface area (Å²) in [5, 5.41) is 0. The molecule has 1 heterocycles. The quantitative estimate of drug-likeness (QED) is 0.739. The lowest BCUT2D eigenvalue weighted by Crippen LogP contribution is -2.53. The van der Waals surface area contributed by atoms with Crippen LogP contribution in [0.2, 0.25) is 0 Å². The first-order valence-corrected chi connectivity index (χ1v) is 6.15. The Hall–Kier alpha value is -0.860. The van der Waals surface area contributed by atoms with Crippen molar-refractivity contribution in [2.45, 2.75) is 58.9 Å². The average molecular weight is 225 g/mol. The number of carbonyl (C=O) groups is 2. The van der Waals surface area contributed by atoms with E-state index in [4.69, 9.17) is 0 Å². The highest BCUT2D eigenvalue weighted by molar-refractivity contribution is 5.85. The number of likely N-dealkylation sites (tertiary alicyclic amines) is 1. The predicted molar refractivity (Wildman–Crippen MR) is 64.1 cm³/mol. The van der Waals surface area contributed by atoms with E-state index in [1.807, 2.05) is 18.7 Å². The van der Waals surface area contributed by atoms with Crippen LogP contribution in [0.5, 0.6) is 0 Å². The summed E-state index contributed by atoms with van der Waals surface area (Å²) in [6, 6.07) is 0. The van der Waals surface area contributed by atoms with E-state index in [1.165, 1.54) is 0 Å². The van der Waals surface area contributed by atoms with Crippen molar-refractivity contribution < 1.29 is 9.59 Å². The minimum Gasteiger partial charge on any atom is -0.337 e. The zero-order valence-electron chi connectivity index (χ0n) is 10.9. The number of Topliss-reactive ketones (excluding diaryl/α,β-unsaturated/α-hetero) is 1. The van der Waals surface area contributed by atoms with Gasteiger partial charge in [-0.15, -0.1) is 0 Å². The van der Waals surface area contributed by atoms with Crippen LogP contribution in [0.4, 0.5) is 0 Å². The number of hydrogen-bond donors (Lipinski definition) is 0. The molecule has 0 aromatic carbocycles. The van der Waals surface area contributed by atoms with E-state index in [1.54, 1.807) is 0 Å². The number of hydrogen-bond acceptors (Lipinski definition) is 2. The summed E-state index contributed by atoms with van der Waals surface area (Å²) in [6.45, 7) is 8.81. The van der Waals surface area contributed by atoms with Crippen molar-refractivity contribution in [1.29, 1.82) is 0 Å². The summed E-state index contributed by atoms with van der Waals surface area (Å²) < 4.78 is 0. The third-order valence-electron chi connectivity index (χ3n) is 3.21. The fraction of sp³-hybridized carbons (Fsp3) is 0.846. The molecule has 0 radical (unpaired) electrons. The molecule has 0 unspecified atom stereocenters. The molecule has 16 heavy (non-hydrogen) atoms. The molecule has 1 fully saturated rings. The van der Waals surface area contributed by atoms with E-state index in [9.17, 15) is 9.59 Å². The molecular weight excluding hydrogens is 202 g/mol. The topological polar surface area (TPSA) is 37.4 Å². The fourth-order valence-corrected chi connectivity index (χ4v) is 2.21. The van der Waals surface area contributed by atoms with Crippen molar-refractivity contribution in [2.24, 2.45) is 5.92 Å². The van der Waals surface area contributed by atoms with Crippen LogP contribution in [0.25, 0.3) is 0 Å². The van der Waals surface area contributed by atoms with Crippen LogP contribution in [-0.2, 0) is 9.59 Å². The lowest BCUT2D eigenvalue weighted by atomic mass is 9.89. The number of amides is 1. The van der Waals surface area contributed by atoms with Gasteiger partial charge in [0.25, 0.3) is 0 Å². The van der Waals surface area contributed by atoms with Crippen LogP contribution in [0, 0.1) is 5.92 Å². The van der Waals surface area contributed by atoms with Gasteiger partial charge in [0.2, 0.25) is 5.91 Å². The van der Waals surface area contributed by atoms with Gasteiger partial charge >= 0.3 is 0 Å². The van der Waals surface area contributed by atoms with Gasteiger partial charge in [-0.3, -0.25) is 9.59 Å². The van der Waals surface area contributed by atoms with Gasteiger partial charge in [0, 0.05) is 31.3 Å². The van der Waals surface area contributed by atoms with Gasteiger partial charge in [-0.05, 0) is 26.2 Å². The molecule has 3 nitrogen and oxygen atoms in total. The molecule has 0 saturated carbocycles. The van der Waals surface area contributed by atoms with Crippen molar-refractivity contribution in [3.05, 3.63) is 0 Å². The van der Waals surface area contributed by atoms with Crippen LogP contribution in [0.1, 0.15) is 53.4 Å². The molecular formula is C13H23NO2. The SMILES string of the molecule is CC(C)CCC(=O)N1CCC(=O)CC1(C)C. The first-order valence-electron chi connectivity index (χ1n) is 6.15. The van der Waals surface area contributed by atoms with Crippen molar-refractivity contribution in [2.75, 3.05) is 6.54 Å². The second-order valence-electron chi connectivity index (χ2n) is 5.76. The number of rotatable bonds is 3. The molecule has 0 aliphatic carbocycles. The third kappa shape index (κ3) is 3.32. The molecule has 1 amide bonds. The Morgan fingerprint density at radius 2 is 2.06 bits per heavy atom. The summed E-state index contributed by atoms with van der Waals surface area (Å²) in [5.41, 5.74) is -0.288. The Balaban J connectivity index is 2.58. The van der Waals surface area contributed by atoms with Crippen molar-refractivity contribution >= 4 is 11.7 Å². The first-order chi connectivity index (χ1) is 7.33. The monoisotopic (exact) mass is 225 g/mol. The van der Waals surface area contributed by atoms with Gasteiger partial charge in [-0.2, -0.15) is 0 Å². The lowest BCUT2D eigenvalue weighted by Gasteiger charge is -2.42. The molecule has 1 aliphatic rings. The normalized spacial score (nSPS) is 20.3. The highest BCUT2D eigenvalue weighted by atomic mass is 16.2. The summed E-state index contributed by atoms with van der Waals surface area (Å²) in [5.74, 6) is 1.03. The number of nitrogens with zero attached hydrogens (tertiary/aromatic N) is 1. The molecule has 0 aromatic rings. The van der Waals surface area contributed by atoms with Crippen LogP contribution in [-0.4, -0.2) is 28.7 Å². The summed E-state index contributed by atoms with van der Waals surface area (Å²) in [7, 11) is 0. The van der Waals surface area contributed by atoms with Gasteiger partial charge in [0.15, 0.2) is 0 Å². The molecule has 0 atom stereocenters. The van der Waals surface area contributed by atoms with E-state index < -0.39 is 0 Å². The van der Waals surface area contributed by atoms with Crippen LogP contribution >= 0.6 is 0 Å². The van der Waals surface area contributed by atoms with Crippen LogP contribution < -0.4 is 0 Å². The smallest absolute Gasteiger partial charge is 0.223 e. The Bertz CT molecular complexity index is 282. The van der Waals surface area contributed by atoms with Crippen molar-refractivity contribution in [1.82, 2.24) is 4.90 Å². The molecule has 0 bridgehead atoms. The van der Waals surface area contributed by atoms with Crippen molar-refractivity contribution in [3.8, 4) is 0 Å². The van der Waals surface area contributed by atoms with Gasteiger partial charge in [-0.1, -0.05) is 13.8 Å². The van der Waals surface area contributed by atoms with E-state index in [0.717, 1.165) is 6.42 Å². The number of ketones is 1. The molecule has 0 spiro atoms. The van der Waals surface area contributed by atoms with Crippen LogP contribution in [0.15, 0.2) is 0 Å². The second-order valence-corrected chi connectivity index (χ2v) is 5.76. The number of piperidine rings is 1. The Kier molecular flexibility index (Phi) is 4.11. The molecule has 0 aromatic heterocycles. The van der Waals surface area contributed by atoms with E-state index in [0.29, 0.717) is 31.7 Å². The maximum atomic E-state index is 12.0. The molecule has 1 rings (SSSR count). The molecule has 92 valence electrons. The third-order valence-corrected chi connectivity index (χ3v) is 3.21. The minimum atomic E-state index is -0.288. The second kappa shape index (κ2) is 4.98. The highest BCUT2D eigenvalue weighted by Crippen LogP contribution is 2.26. The summed E-state index contributed by atoms with van der Waals surface area (Å²) >= 11 is 0. The Morgan fingerprint density at radius 1 is 1.44 bits per heavy atom. The molecule has 1 saturated heterocycles. The lowest BCUT2D eigenvalue weighted by molar-refractivity contribution is -0.142. The van der Waals surface area contributed by atoms with Gasteiger partial charge in [0.1, 0.15) is 5.78 Å². The molecule has 0 N–H and O–H groups in total. The van der Waals surface area contributed by atoms with E-state index in [2.05, 4.69) is 13.8 Å². The summed E-state index contributed by atoms with van der Waals surface area (Å²) in [4.78, 5) is 25.3. The Labute approximate surface area is 98.2 Å². The van der Waals surface area contributed by atoms with E-state index in [-0.39, 0.29) is 17.2 Å². The first kappa shape index (κ1) is 13.2. The van der Waals surface area contributed by atoms with Crippen molar-refractivity contribution in [3.63, 3.8) is 0 Å². The minimum absolute atomic E-state index is 0.200. The fourth-order valence-electron chi connectivity index (χ4n) is 2.21. The summed E-state index contributed by atoms with van der Waals surface area (Å²) in [6.07, 6.45) is 2.56. The maximum Gasteiger partial charge on any atom is 0.223 e. The molecule has 1 aliphatic heterocycles. The van der Waals surface area contributed by atoms with Gasteiger partial charge in [-0.25, -0.2) is 0 Å². The average Bonchev–Trinajstić information content (AvgIpc) is 2.12. The van der Waals surface area contributed by atoms with Gasteiger partial charge < -0.3 is 4.90 Å². The van der Waals surface area contributed by atoms with Crippen LogP contribution in [0.3, 0.4) is 0 Å².